The Balaban J connectivity index is 1.56. The minimum atomic E-state index is -1.21. The van der Waals surface area contributed by atoms with Gasteiger partial charge in [0, 0.05) is 55.4 Å². The van der Waals surface area contributed by atoms with Crippen molar-refractivity contribution in [2.24, 2.45) is 0 Å². The fourth-order valence-corrected chi connectivity index (χ4v) is 6.36. The minimum Gasteiger partial charge on any atom is -0.444 e. The molecular formula is C33H44ClFN4O4Si. The first kappa shape index (κ1) is 33.9. The summed E-state index contributed by atoms with van der Waals surface area (Å²) in [4.78, 5) is 18.2. The number of nitrogens with zero attached hydrogens (tertiary/aromatic N) is 4. The van der Waals surface area contributed by atoms with E-state index in [9.17, 15) is 9.18 Å². The zero-order chi connectivity index (χ0) is 32.1. The van der Waals surface area contributed by atoms with Crippen molar-refractivity contribution in [3.8, 4) is 0 Å². The molecule has 0 N–H and O–H groups in total. The van der Waals surface area contributed by atoms with Gasteiger partial charge in [0.15, 0.2) is 6.10 Å². The SMILES string of the molecule is [C-]#[N+]CC(OCC1(c2ccc(F)cc2)CCN(C(=O)OC(C)(C)C)CC1)c1cc(Cl)cc2cn(COCC[Si](C)(C)C)nc12. The number of hydrogen-bond donors (Lipinski definition) is 0. The van der Waals surface area contributed by atoms with Crippen LogP contribution in [0.25, 0.3) is 15.7 Å². The number of likely N-dealkylation sites (tertiary alicyclic amines) is 1. The van der Waals surface area contributed by atoms with Crippen LogP contribution >= 0.6 is 11.6 Å². The van der Waals surface area contributed by atoms with Crippen LogP contribution in [0.3, 0.4) is 0 Å². The normalized spacial score (nSPS) is 16.1. The molecule has 8 nitrogen and oxygen atoms in total. The Morgan fingerprint density at radius 2 is 1.86 bits per heavy atom. The smallest absolute Gasteiger partial charge is 0.410 e. The summed E-state index contributed by atoms with van der Waals surface area (Å²) in [6.07, 6.45) is 2.15. The van der Waals surface area contributed by atoms with Crippen molar-refractivity contribution in [1.29, 1.82) is 0 Å². The molecule has 1 unspecified atom stereocenters. The van der Waals surface area contributed by atoms with E-state index in [1.165, 1.54) is 12.1 Å². The van der Waals surface area contributed by atoms with Gasteiger partial charge in [0.25, 0.3) is 0 Å². The van der Waals surface area contributed by atoms with Crippen LogP contribution in [0.1, 0.15) is 50.8 Å². The Hall–Kier alpha value is -2.97. The predicted molar refractivity (Wildman–Crippen MR) is 174 cm³/mol. The minimum absolute atomic E-state index is 0.0819. The zero-order valence-electron chi connectivity index (χ0n) is 26.7. The van der Waals surface area contributed by atoms with E-state index < -0.39 is 25.2 Å². The van der Waals surface area contributed by atoms with Gasteiger partial charge in [0.1, 0.15) is 18.1 Å². The number of piperidine rings is 1. The van der Waals surface area contributed by atoms with Crippen LogP contribution in [0.4, 0.5) is 9.18 Å². The summed E-state index contributed by atoms with van der Waals surface area (Å²) >= 11 is 6.55. The quantitative estimate of drug-likeness (QED) is 0.120. The van der Waals surface area contributed by atoms with Gasteiger partial charge in [-0.25, -0.2) is 20.4 Å². The highest BCUT2D eigenvalue weighted by Gasteiger charge is 2.40. The van der Waals surface area contributed by atoms with E-state index in [2.05, 4.69) is 24.5 Å². The van der Waals surface area contributed by atoms with Crippen LogP contribution in [-0.2, 0) is 26.4 Å². The molecule has 0 aliphatic carbocycles. The number of halogens is 2. The molecule has 238 valence electrons. The molecule has 44 heavy (non-hydrogen) atoms. The van der Waals surface area contributed by atoms with E-state index in [4.69, 9.17) is 37.5 Å². The van der Waals surface area contributed by atoms with Crippen molar-refractivity contribution in [1.82, 2.24) is 14.7 Å². The highest BCUT2D eigenvalue weighted by atomic mass is 35.5. The van der Waals surface area contributed by atoms with E-state index in [0.29, 0.717) is 49.8 Å². The van der Waals surface area contributed by atoms with Crippen LogP contribution in [0.15, 0.2) is 42.6 Å². The molecule has 4 rings (SSSR count). The van der Waals surface area contributed by atoms with Gasteiger partial charge in [0.2, 0.25) is 6.54 Å². The average Bonchev–Trinajstić information content (AvgIpc) is 3.35. The van der Waals surface area contributed by atoms with Crippen molar-refractivity contribution >= 4 is 36.7 Å². The monoisotopic (exact) mass is 642 g/mol. The average molecular weight is 643 g/mol. The second-order valence-corrected chi connectivity index (χ2v) is 19.9. The van der Waals surface area contributed by atoms with E-state index >= 15 is 0 Å². The Morgan fingerprint density at radius 3 is 2.48 bits per heavy atom. The van der Waals surface area contributed by atoms with Crippen molar-refractivity contribution in [3.05, 3.63) is 76.0 Å². The number of carbonyl (C=O) groups excluding carboxylic acids is 1. The molecule has 1 aliphatic rings. The Bertz CT molecular complexity index is 1470. The second-order valence-electron chi connectivity index (χ2n) is 13.8. The lowest BCUT2D eigenvalue weighted by molar-refractivity contribution is -0.00996. The van der Waals surface area contributed by atoms with Gasteiger partial charge in [-0.15, -0.1) is 0 Å². The van der Waals surface area contributed by atoms with E-state index in [0.717, 1.165) is 22.6 Å². The first-order valence-corrected chi connectivity index (χ1v) is 19.2. The third kappa shape index (κ3) is 9.04. The van der Waals surface area contributed by atoms with E-state index in [-0.39, 0.29) is 25.1 Å². The van der Waals surface area contributed by atoms with Gasteiger partial charge in [-0.05, 0) is 69.5 Å². The summed E-state index contributed by atoms with van der Waals surface area (Å²) in [5.41, 5.74) is 1.31. The van der Waals surface area contributed by atoms with Gasteiger partial charge in [-0.3, -0.25) is 0 Å². The molecule has 2 aromatic carbocycles. The number of benzene rings is 2. The summed E-state index contributed by atoms with van der Waals surface area (Å²) in [6, 6.07) is 11.2. The maximum atomic E-state index is 13.9. The molecular weight excluding hydrogens is 599 g/mol. The largest absolute Gasteiger partial charge is 0.444 e. The summed E-state index contributed by atoms with van der Waals surface area (Å²) in [5.74, 6) is -0.316. The lowest BCUT2D eigenvalue weighted by Crippen LogP contribution is -2.48. The van der Waals surface area contributed by atoms with Crippen molar-refractivity contribution in [2.75, 3.05) is 32.8 Å². The van der Waals surface area contributed by atoms with Gasteiger partial charge in [-0.1, -0.05) is 43.4 Å². The van der Waals surface area contributed by atoms with E-state index in [1.807, 2.05) is 39.1 Å². The Morgan fingerprint density at radius 1 is 1.18 bits per heavy atom. The number of amides is 1. The summed E-state index contributed by atoms with van der Waals surface area (Å²) in [6.45, 7) is 22.5. The fraction of sp³-hybridized carbons (Fsp3) is 0.545. The number of aromatic nitrogens is 2. The number of carbonyl (C=O) groups is 1. The van der Waals surface area contributed by atoms with Crippen LogP contribution in [0.5, 0.6) is 0 Å². The number of rotatable bonds is 11. The molecule has 3 aromatic rings. The molecule has 2 heterocycles. The van der Waals surface area contributed by atoms with Gasteiger partial charge >= 0.3 is 6.09 Å². The number of ether oxygens (including phenoxy) is 3. The molecule has 0 spiro atoms. The van der Waals surface area contributed by atoms with E-state index in [1.54, 1.807) is 21.7 Å². The lowest BCUT2D eigenvalue weighted by Gasteiger charge is -2.42. The van der Waals surface area contributed by atoms with Crippen molar-refractivity contribution in [3.63, 3.8) is 0 Å². The second kappa shape index (κ2) is 14.0. The topological polar surface area (TPSA) is 70.2 Å². The first-order chi connectivity index (χ1) is 20.7. The van der Waals surface area contributed by atoms with Crippen molar-refractivity contribution < 1.29 is 23.4 Å². The number of fused-ring (bicyclic) bond motifs is 1. The number of hydrogen-bond acceptors (Lipinski definition) is 5. The highest BCUT2D eigenvalue weighted by Crippen LogP contribution is 2.39. The third-order valence-corrected chi connectivity index (χ3v) is 9.79. The summed E-state index contributed by atoms with van der Waals surface area (Å²) in [7, 11) is -1.21. The molecule has 1 aromatic heterocycles. The molecule has 1 fully saturated rings. The van der Waals surface area contributed by atoms with Crippen LogP contribution in [-0.4, -0.2) is 67.3 Å². The highest BCUT2D eigenvalue weighted by molar-refractivity contribution is 6.76. The summed E-state index contributed by atoms with van der Waals surface area (Å²) in [5, 5.41) is 6.17. The van der Waals surface area contributed by atoms with Gasteiger partial charge in [0.05, 0.1) is 12.1 Å². The van der Waals surface area contributed by atoms with Crippen LogP contribution in [0.2, 0.25) is 30.7 Å². The molecule has 1 amide bonds. The lowest BCUT2D eigenvalue weighted by atomic mass is 9.73. The maximum absolute atomic E-state index is 13.9. The third-order valence-electron chi connectivity index (χ3n) is 7.86. The van der Waals surface area contributed by atoms with Crippen molar-refractivity contribution in [2.45, 2.75) is 83.1 Å². The van der Waals surface area contributed by atoms with Crippen LogP contribution < -0.4 is 0 Å². The molecule has 0 bridgehead atoms. The van der Waals surface area contributed by atoms with Crippen LogP contribution in [0, 0.1) is 12.4 Å². The maximum Gasteiger partial charge on any atom is 0.410 e. The molecule has 11 heteroatoms. The Kier molecular flexibility index (Phi) is 10.8. The first-order valence-electron chi connectivity index (χ1n) is 15.1. The molecule has 1 saturated heterocycles. The Labute approximate surface area is 266 Å². The predicted octanol–water partition coefficient (Wildman–Crippen LogP) is 8.09. The summed E-state index contributed by atoms with van der Waals surface area (Å²) < 4.78 is 33.8. The van der Waals surface area contributed by atoms with Gasteiger partial charge in [-0.2, -0.15) is 5.10 Å². The zero-order valence-corrected chi connectivity index (χ0v) is 28.4. The molecule has 1 aliphatic heterocycles. The standard InChI is InChI=1S/C33H44ClFN4O4Si/c1-32(2,3)43-31(40)38-14-12-33(13-15-38,25-8-10-27(35)11-9-25)22-42-29(20-36-4)28-19-26(34)18-24-21-39(37-30(24)28)23-41-16-17-44(5,6)7/h8-11,18-19,21,29H,12-17,20,22-23H2,1-3,5-7H3. The van der Waals surface area contributed by atoms with Gasteiger partial charge < -0.3 is 24.0 Å². The molecule has 0 radical (unpaired) electrons. The molecule has 0 saturated carbocycles. The fourth-order valence-electron chi connectivity index (χ4n) is 5.37. The molecule has 1 atom stereocenters.